The number of allylic oxidation sites excluding steroid dienone is 1. The quantitative estimate of drug-likeness (QED) is 0.118. The lowest BCUT2D eigenvalue weighted by Gasteiger charge is -2.40. The van der Waals surface area contributed by atoms with Crippen molar-refractivity contribution in [2.45, 2.75) is 105 Å². The summed E-state index contributed by atoms with van der Waals surface area (Å²) < 4.78 is 6.54. The first kappa shape index (κ1) is 27.6. The second-order valence-electron chi connectivity index (χ2n) is 10.5. The predicted octanol–water partition coefficient (Wildman–Crippen LogP) is 7.48. The van der Waals surface area contributed by atoms with E-state index in [0.29, 0.717) is 13.2 Å². The van der Waals surface area contributed by atoms with Crippen LogP contribution in [0.25, 0.3) is 0 Å². The molecule has 1 aromatic carbocycles. The van der Waals surface area contributed by atoms with E-state index in [1.807, 2.05) is 0 Å². The third-order valence-electron chi connectivity index (χ3n) is 7.28. The van der Waals surface area contributed by atoms with Gasteiger partial charge >= 0.3 is 5.97 Å². The molecule has 0 unspecified atom stereocenters. The van der Waals surface area contributed by atoms with Crippen LogP contribution in [0.5, 0.6) is 0 Å². The lowest BCUT2D eigenvalue weighted by Crippen LogP contribution is -2.54. The largest absolute Gasteiger partial charge is 0.462 e. The Morgan fingerprint density at radius 3 is 2.30 bits per heavy atom. The van der Waals surface area contributed by atoms with Crippen molar-refractivity contribution in [1.82, 2.24) is 0 Å². The molecule has 1 fully saturated rings. The summed E-state index contributed by atoms with van der Waals surface area (Å²) in [7, 11) is 0. The highest BCUT2D eigenvalue weighted by Crippen LogP contribution is 2.21. The van der Waals surface area contributed by atoms with Crippen LogP contribution in [0.3, 0.4) is 0 Å². The van der Waals surface area contributed by atoms with E-state index in [9.17, 15) is 4.79 Å². The number of nitrogens with zero attached hydrogens (tertiary/aromatic N) is 1. The maximum atomic E-state index is 12.7. The minimum atomic E-state index is 0.000257. The Bertz CT molecular complexity index is 731. The minimum Gasteiger partial charge on any atom is -0.462 e. The molecule has 1 aliphatic rings. The summed E-state index contributed by atoms with van der Waals surface area (Å²) in [4.78, 5) is 12.7. The van der Waals surface area contributed by atoms with E-state index >= 15 is 0 Å². The average Bonchev–Trinajstić information content (AvgIpc) is 2.79. The van der Waals surface area contributed by atoms with E-state index in [1.54, 1.807) is 0 Å². The summed E-state index contributed by atoms with van der Waals surface area (Å²) in [6.07, 6.45) is 17.3. The van der Waals surface area contributed by atoms with Crippen LogP contribution in [0.4, 0.5) is 0 Å². The van der Waals surface area contributed by atoms with Crippen molar-refractivity contribution in [3.63, 3.8) is 0 Å². The van der Waals surface area contributed by atoms with Gasteiger partial charge in [-0.25, -0.2) is 4.79 Å². The van der Waals surface area contributed by atoms with Crippen LogP contribution in [0.1, 0.15) is 101 Å². The number of piperidine rings is 1. The van der Waals surface area contributed by atoms with Crippen LogP contribution in [0.15, 0.2) is 29.8 Å². The summed E-state index contributed by atoms with van der Waals surface area (Å²) >= 11 is 0. The Balaban J connectivity index is 1.77. The van der Waals surface area contributed by atoms with Crippen LogP contribution in [-0.2, 0) is 16.0 Å². The van der Waals surface area contributed by atoms with Gasteiger partial charge in [0.15, 0.2) is 6.54 Å². The number of carbonyl (C=O) groups excluding carboxylic acids is 1. The van der Waals surface area contributed by atoms with Crippen LogP contribution in [0.2, 0.25) is 0 Å². The Morgan fingerprint density at radius 2 is 1.64 bits per heavy atom. The van der Waals surface area contributed by atoms with E-state index in [1.165, 1.54) is 86.5 Å². The topological polar surface area (TPSA) is 26.3 Å². The van der Waals surface area contributed by atoms with Crippen LogP contribution in [0, 0.1) is 13.8 Å². The van der Waals surface area contributed by atoms with Crippen molar-refractivity contribution in [2.24, 2.45) is 0 Å². The first-order valence-electron chi connectivity index (χ1n) is 13.7. The molecule has 0 saturated carbocycles. The van der Waals surface area contributed by atoms with Gasteiger partial charge in [-0.2, -0.15) is 0 Å². The number of esters is 1. The fraction of sp³-hybridized carbons (Fsp3) is 0.700. The highest BCUT2D eigenvalue weighted by atomic mass is 16.5. The zero-order chi connectivity index (χ0) is 23.9. The molecule has 0 spiro atoms. The van der Waals surface area contributed by atoms with Gasteiger partial charge in [-0.3, -0.25) is 0 Å². The molecule has 1 aromatic rings. The molecule has 3 heteroatoms. The lowest BCUT2D eigenvalue weighted by molar-refractivity contribution is -0.920. The molecule has 0 N–H and O–H groups in total. The molecule has 33 heavy (non-hydrogen) atoms. The highest BCUT2D eigenvalue weighted by Gasteiger charge is 2.32. The number of hydrogen-bond acceptors (Lipinski definition) is 2. The molecular formula is C30H50NO2+. The average molecular weight is 457 g/mol. The van der Waals surface area contributed by atoms with Gasteiger partial charge in [-0.1, -0.05) is 81.2 Å². The first-order chi connectivity index (χ1) is 15.9. The maximum absolute atomic E-state index is 12.7. The first-order valence-corrected chi connectivity index (χ1v) is 13.7. The van der Waals surface area contributed by atoms with E-state index in [0.717, 1.165) is 37.0 Å². The van der Waals surface area contributed by atoms with Gasteiger partial charge in [-0.15, -0.1) is 0 Å². The van der Waals surface area contributed by atoms with Crippen molar-refractivity contribution >= 4 is 5.97 Å². The van der Waals surface area contributed by atoms with Gasteiger partial charge in [0.05, 0.1) is 26.2 Å². The molecule has 0 amide bonds. The molecular weight excluding hydrogens is 406 g/mol. The fourth-order valence-corrected chi connectivity index (χ4v) is 5.10. The van der Waals surface area contributed by atoms with Crippen molar-refractivity contribution in [2.75, 3.05) is 32.8 Å². The second kappa shape index (κ2) is 15.3. The van der Waals surface area contributed by atoms with E-state index in [2.05, 4.69) is 52.0 Å². The molecule has 0 aliphatic carbocycles. The van der Waals surface area contributed by atoms with Gasteiger partial charge in [0.1, 0.15) is 0 Å². The zero-order valence-electron chi connectivity index (χ0n) is 22.1. The summed E-state index contributed by atoms with van der Waals surface area (Å²) in [5.74, 6) is 0.000257. The van der Waals surface area contributed by atoms with Gasteiger partial charge < -0.3 is 9.22 Å². The summed E-state index contributed by atoms with van der Waals surface area (Å²) in [5.41, 5.74) is 5.50. The Morgan fingerprint density at radius 1 is 0.970 bits per heavy atom. The molecule has 2 rings (SSSR count). The fourth-order valence-electron chi connectivity index (χ4n) is 5.10. The summed E-state index contributed by atoms with van der Waals surface area (Å²) in [6.45, 7) is 13.1. The molecule has 1 aliphatic heterocycles. The van der Waals surface area contributed by atoms with E-state index < -0.39 is 0 Å². The number of aryl methyl sites for hydroxylation is 2. The Kier molecular flexibility index (Phi) is 12.8. The number of hydrogen-bond donors (Lipinski definition) is 0. The normalized spacial score (nSPS) is 16.1. The number of benzene rings is 1. The SMILES string of the molecule is CCCCCCCCCCOC(=O)C[N+]1(C/C=C(\C)Cc2ccc(C)cc2C)CCCCC1. The van der Waals surface area contributed by atoms with E-state index in [4.69, 9.17) is 4.74 Å². The molecule has 1 heterocycles. The lowest BCUT2D eigenvalue weighted by atomic mass is 9.99. The molecule has 3 nitrogen and oxygen atoms in total. The zero-order valence-corrected chi connectivity index (χ0v) is 22.1. The Labute approximate surface area is 204 Å². The number of carbonyl (C=O) groups is 1. The van der Waals surface area contributed by atoms with Crippen LogP contribution < -0.4 is 0 Å². The van der Waals surface area contributed by atoms with Crippen LogP contribution >= 0.6 is 0 Å². The summed E-state index contributed by atoms with van der Waals surface area (Å²) in [5, 5.41) is 0. The van der Waals surface area contributed by atoms with Gasteiger partial charge in [0.2, 0.25) is 0 Å². The second-order valence-corrected chi connectivity index (χ2v) is 10.5. The minimum absolute atomic E-state index is 0.000257. The van der Waals surface area contributed by atoms with E-state index in [-0.39, 0.29) is 5.97 Å². The molecule has 0 aromatic heterocycles. The van der Waals surface area contributed by atoms with Crippen molar-refractivity contribution in [3.05, 3.63) is 46.5 Å². The number of ether oxygens (including phenoxy) is 1. The third kappa shape index (κ3) is 10.9. The summed E-state index contributed by atoms with van der Waals surface area (Å²) in [6, 6.07) is 6.73. The van der Waals surface area contributed by atoms with Crippen molar-refractivity contribution < 1.29 is 14.0 Å². The number of rotatable bonds is 15. The van der Waals surface area contributed by atoms with Crippen molar-refractivity contribution in [3.8, 4) is 0 Å². The van der Waals surface area contributed by atoms with Gasteiger partial charge in [0.25, 0.3) is 0 Å². The van der Waals surface area contributed by atoms with Crippen LogP contribution in [-0.4, -0.2) is 43.2 Å². The maximum Gasteiger partial charge on any atom is 0.361 e. The number of likely N-dealkylation sites (tertiary alicyclic amines) is 1. The smallest absolute Gasteiger partial charge is 0.361 e. The molecule has 0 radical (unpaired) electrons. The van der Waals surface area contributed by atoms with Gasteiger partial charge in [-0.05, 0) is 70.1 Å². The van der Waals surface area contributed by atoms with Gasteiger partial charge in [0, 0.05) is 0 Å². The standard InChI is InChI=1S/C30H50NO2/c1-5-6-7-8-9-10-11-15-22-33-30(32)25-31(19-13-12-14-20-31)21-18-27(3)24-29-17-16-26(2)23-28(29)4/h16-18,23H,5-15,19-22,24-25H2,1-4H3/q+1/b27-18+. The molecule has 186 valence electrons. The predicted molar refractivity (Wildman–Crippen MR) is 141 cm³/mol. The van der Waals surface area contributed by atoms with Crippen molar-refractivity contribution in [1.29, 1.82) is 0 Å². The number of unbranched alkanes of at least 4 members (excludes halogenated alkanes) is 7. The molecule has 0 atom stereocenters. The molecule has 0 bridgehead atoms. The monoisotopic (exact) mass is 456 g/mol. The highest BCUT2D eigenvalue weighted by molar-refractivity contribution is 5.70. The third-order valence-corrected chi connectivity index (χ3v) is 7.28. The Hall–Kier alpha value is -1.61. The molecule has 1 saturated heterocycles. The number of quaternary nitrogens is 1.